The Hall–Kier alpha value is -4.56. The van der Waals surface area contributed by atoms with Crippen LogP contribution in [0.25, 0.3) is 10.8 Å². The van der Waals surface area contributed by atoms with Crippen molar-refractivity contribution in [3.63, 3.8) is 0 Å². The second-order valence-corrected chi connectivity index (χ2v) is 10.6. The van der Waals surface area contributed by atoms with Crippen LogP contribution in [0, 0.1) is 11.6 Å². The predicted octanol–water partition coefficient (Wildman–Crippen LogP) is 4.29. The van der Waals surface area contributed by atoms with Gasteiger partial charge in [0.15, 0.2) is 0 Å². The smallest absolute Gasteiger partial charge is 0.412 e. The van der Waals surface area contributed by atoms with Crippen molar-refractivity contribution >= 4 is 52.2 Å². The second-order valence-electron chi connectivity index (χ2n) is 10.2. The van der Waals surface area contributed by atoms with Crippen LogP contribution in [0.15, 0.2) is 48.7 Å². The number of fused-ring (bicyclic) bond motifs is 1. The number of carbonyl (C=O) groups excluding carboxylic acids is 3. The molecule has 0 saturated carbocycles. The van der Waals surface area contributed by atoms with Crippen LogP contribution in [-0.2, 0) is 20.9 Å². The van der Waals surface area contributed by atoms with E-state index in [-0.39, 0.29) is 42.9 Å². The standard InChI is InChI=1S/C29H31ClF2N6O6/c1-17(39)38(34-15-19-3-2-4-24(32)27(19)30)23(13-26(40)35-22-7-9-37(10-8-22)29(42)43)16-44-28(41)36-25-12-20-11-21(31)6-5-18(20)14-33-25/h2-6,11-12,14,22-23,34H,7-10,13,15-16H2,1H3,(H,35,40)(H,42,43)(H,33,36,41)/t23-/m0/s1. The lowest BCUT2D eigenvalue weighted by molar-refractivity contribution is -0.138. The number of benzene rings is 2. The van der Waals surface area contributed by atoms with Crippen molar-refractivity contribution < 1.29 is 37.8 Å². The number of hydrazine groups is 1. The first-order valence-electron chi connectivity index (χ1n) is 13.7. The lowest BCUT2D eigenvalue weighted by atomic mass is 10.0. The number of anilines is 1. The van der Waals surface area contributed by atoms with Gasteiger partial charge in [-0.05, 0) is 54.1 Å². The number of hydrogen-bond acceptors (Lipinski definition) is 7. The number of amides is 4. The third kappa shape index (κ3) is 8.74. The Balaban J connectivity index is 1.44. The average Bonchev–Trinajstić information content (AvgIpc) is 2.97. The number of carboxylic acid groups (broad SMARTS) is 1. The van der Waals surface area contributed by atoms with Gasteiger partial charge in [-0.1, -0.05) is 23.7 Å². The maximum Gasteiger partial charge on any atom is 0.412 e. The number of nitrogens with one attached hydrogen (secondary N) is 3. The summed E-state index contributed by atoms with van der Waals surface area (Å²) in [6, 6.07) is 8.51. The number of piperidine rings is 1. The summed E-state index contributed by atoms with van der Waals surface area (Å²) >= 11 is 6.06. The van der Waals surface area contributed by atoms with Crippen LogP contribution in [0.3, 0.4) is 0 Å². The highest BCUT2D eigenvalue weighted by molar-refractivity contribution is 6.31. The monoisotopic (exact) mass is 632 g/mol. The minimum Gasteiger partial charge on any atom is -0.465 e. The second kappa shape index (κ2) is 14.8. The summed E-state index contributed by atoms with van der Waals surface area (Å²) in [7, 11) is 0. The Bertz CT molecular complexity index is 1540. The minimum atomic E-state index is -1.03. The Morgan fingerprint density at radius 3 is 2.59 bits per heavy atom. The van der Waals surface area contributed by atoms with E-state index in [1.54, 1.807) is 12.1 Å². The van der Waals surface area contributed by atoms with Gasteiger partial charge in [-0.25, -0.2) is 28.8 Å². The SMILES string of the molecule is CC(=O)N(NCc1cccc(F)c1Cl)[C@H](COC(=O)Nc1cc2cc(F)ccc2cn1)CC(=O)NC1CCN(C(=O)O)CC1. The first-order chi connectivity index (χ1) is 21.0. The summed E-state index contributed by atoms with van der Waals surface area (Å²) in [4.78, 5) is 55.0. The molecule has 1 aliphatic heterocycles. The third-order valence-electron chi connectivity index (χ3n) is 7.05. The highest BCUT2D eigenvalue weighted by Gasteiger charge is 2.29. The number of halogens is 3. The predicted molar refractivity (Wildman–Crippen MR) is 157 cm³/mol. The normalized spacial score (nSPS) is 14.1. The van der Waals surface area contributed by atoms with Crippen molar-refractivity contribution in [3.8, 4) is 0 Å². The molecule has 1 fully saturated rings. The number of ether oxygens (including phenoxy) is 1. The van der Waals surface area contributed by atoms with Gasteiger partial charge in [0.1, 0.15) is 24.1 Å². The lowest BCUT2D eigenvalue weighted by Gasteiger charge is -2.33. The summed E-state index contributed by atoms with van der Waals surface area (Å²) < 4.78 is 33.0. The third-order valence-corrected chi connectivity index (χ3v) is 7.47. The Kier molecular flexibility index (Phi) is 10.8. The van der Waals surface area contributed by atoms with Crippen molar-refractivity contribution in [2.24, 2.45) is 0 Å². The van der Waals surface area contributed by atoms with Crippen LogP contribution in [0.4, 0.5) is 24.2 Å². The number of likely N-dealkylation sites (tertiary alicyclic amines) is 1. The molecule has 2 aromatic carbocycles. The number of hydrogen-bond donors (Lipinski definition) is 4. The minimum absolute atomic E-state index is 0.0777. The molecule has 0 unspecified atom stereocenters. The molecule has 2 heterocycles. The zero-order chi connectivity index (χ0) is 31.8. The Morgan fingerprint density at radius 1 is 1.14 bits per heavy atom. The average molecular weight is 633 g/mol. The summed E-state index contributed by atoms with van der Waals surface area (Å²) in [6.07, 6.45) is 0.0312. The van der Waals surface area contributed by atoms with Gasteiger partial charge < -0.3 is 20.1 Å². The summed E-state index contributed by atoms with van der Waals surface area (Å²) in [5.74, 6) is -1.98. The van der Waals surface area contributed by atoms with Crippen LogP contribution in [0.1, 0.15) is 31.7 Å². The van der Waals surface area contributed by atoms with Gasteiger partial charge in [0.2, 0.25) is 11.8 Å². The summed E-state index contributed by atoms with van der Waals surface area (Å²) in [5.41, 5.74) is 3.20. The van der Waals surface area contributed by atoms with Crippen LogP contribution in [0.2, 0.25) is 5.02 Å². The molecule has 4 amide bonds. The van der Waals surface area contributed by atoms with Crippen molar-refractivity contribution in [1.82, 2.24) is 25.6 Å². The molecule has 0 radical (unpaired) electrons. The lowest BCUT2D eigenvalue weighted by Crippen LogP contribution is -2.53. The molecule has 1 aliphatic rings. The first-order valence-corrected chi connectivity index (χ1v) is 14.1. The van der Waals surface area contributed by atoms with Crippen molar-refractivity contribution in [2.75, 3.05) is 25.0 Å². The van der Waals surface area contributed by atoms with Gasteiger partial charge in [-0.3, -0.25) is 19.9 Å². The number of rotatable bonds is 10. The topological polar surface area (TPSA) is 153 Å². The van der Waals surface area contributed by atoms with E-state index in [1.165, 1.54) is 48.4 Å². The molecular weight excluding hydrogens is 602 g/mol. The zero-order valence-electron chi connectivity index (χ0n) is 23.7. The van der Waals surface area contributed by atoms with Crippen LogP contribution < -0.4 is 16.1 Å². The molecule has 234 valence electrons. The largest absolute Gasteiger partial charge is 0.465 e. The molecule has 4 rings (SSSR count). The van der Waals surface area contributed by atoms with Crippen molar-refractivity contribution in [3.05, 3.63) is 70.9 Å². The van der Waals surface area contributed by atoms with E-state index in [1.807, 2.05) is 0 Å². The van der Waals surface area contributed by atoms with E-state index >= 15 is 0 Å². The van der Waals surface area contributed by atoms with Crippen LogP contribution in [0.5, 0.6) is 0 Å². The van der Waals surface area contributed by atoms with Gasteiger partial charge in [0, 0.05) is 44.2 Å². The van der Waals surface area contributed by atoms with E-state index in [0.29, 0.717) is 29.2 Å². The molecule has 1 atom stereocenters. The van der Waals surface area contributed by atoms with Crippen molar-refractivity contribution in [1.29, 1.82) is 0 Å². The van der Waals surface area contributed by atoms with Crippen LogP contribution >= 0.6 is 11.6 Å². The van der Waals surface area contributed by atoms with Crippen molar-refractivity contribution in [2.45, 2.75) is 44.8 Å². The van der Waals surface area contributed by atoms with Gasteiger partial charge in [0.25, 0.3) is 0 Å². The highest BCUT2D eigenvalue weighted by atomic mass is 35.5. The molecule has 1 aromatic heterocycles. The van der Waals surface area contributed by atoms with E-state index in [0.717, 1.165) is 5.01 Å². The molecule has 15 heteroatoms. The van der Waals surface area contributed by atoms with E-state index in [9.17, 15) is 28.0 Å². The van der Waals surface area contributed by atoms with Gasteiger partial charge in [-0.15, -0.1) is 0 Å². The van der Waals surface area contributed by atoms with E-state index in [2.05, 4.69) is 21.0 Å². The Morgan fingerprint density at radius 2 is 1.89 bits per heavy atom. The highest BCUT2D eigenvalue weighted by Crippen LogP contribution is 2.21. The van der Waals surface area contributed by atoms with E-state index < -0.39 is 48.3 Å². The van der Waals surface area contributed by atoms with Crippen LogP contribution in [-0.4, -0.2) is 75.8 Å². The number of aromatic nitrogens is 1. The number of pyridine rings is 1. The zero-order valence-corrected chi connectivity index (χ0v) is 24.4. The quantitative estimate of drug-likeness (QED) is 0.242. The molecule has 1 saturated heterocycles. The molecule has 4 N–H and O–H groups in total. The number of carbonyl (C=O) groups is 4. The maximum absolute atomic E-state index is 14.0. The molecule has 0 bridgehead atoms. The summed E-state index contributed by atoms with van der Waals surface area (Å²) in [6.45, 7) is 1.26. The number of nitrogens with zero attached hydrogens (tertiary/aromatic N) is 3. The molecular formula is C29H31ClF2N6O6. The molecule has 12 nitrogen and oxygen atoms in total. The Labute approximate surface area is 256 Å². The first kappa shape index (κ1) is 32.4. The fraction of sp³-hybridized carbons (Fsp3) is 0.345. The van der Waals surface area contributed by atoms with Gasteiger partial charge in [-0.2, -0.15) is 0 Å². The molecule has 0 spiro atoms. The van der Waals surface area contributed by atoms with Gasteiger partial charge >= 0.3 is 12.2 Å². The summed E-state index contributed by atoms with van der Waals surface area (Å²) in [5, 5.41) is 16.6. The maximum atomic E-state index is 14.0. The fourth-order valence-corrected chi connectivity index (χ4v) is 4.98. The fourth-order valence-electron chi connectivity index (χ4n) is 4.79. The van der Waals surface area contributed by atoms with Gasteiger partial charge in [0.05, 0.1) is 17.5 Å². The van der Waals surface area contributed by atoms with E-state index in [4.69, 9.17) is 21.4 Å². The molecule has 3 aromatic rings. The molecule has 44 heavy (non-hydrogen) atoms. The molecule has 0 aliphatic carbocycles.